The van der Waals surface area contributed by atoms with Crippen LogP contribution in [-0.2, 0) is 32.7 Å². The van der Waals surface area contributed by atoms with Gasteiger partial charge < -0.3 is 20.1 Å². The third kappa shape index (κ3) is 43.4. The van der Waals surface area contributed by atoms with Crippen molar-refractivity contribution in [3.8, 4) is 0 Å². The van der Waals surface area contributed by atoms with E-state index in [1.807, 2.05) is 0 Å². The SMILES string of the molecule is CC/C=C\C/C=C\C/C=C\C/C=C\CCCCCCCCCCCCCCCCC(=O)OC(COC(=O)CCCCCCCCCCC)COP(=O)(O)OCCN. The maximum Gasteiger partial charge on any atom is 0.472 e. The van der Waals surface area contributed by atoms with Crippen molar-refractivity contribution in [2.24, 2.45) is 5.73 Å². The first-order chi connectivity index (χ1) is 27.8. The van der Waals surface area contributed by atoms with Crippen molar-refractivity contribution in [3.05, 3.63) is 48.6 Å². The molecule has 57 heavy (non-hydrogen) atoms. The van der Waals surface area contributed by atoms with Crippen molar-refractivity contribution in [1.29, 1.82) is 0 Å². The van der Waals surface area contributed by atoms with Gasteiger partial charge in [-0.3, -0.25) is 18.6 Å². The number of phosphoric acid groups is 1. The molecule has 2 atom stereocenters. The van der Waals surface area contributed by atoms with E-state index in [9.17, 15) is 19.0 Å². The molecule has 0 fully saturated rings. The summed E-state index contributed by atoms with van der Waals surface area (Å²) in [7, 11) is -4.37. The summed E-state index contributed by atoms with van der Waals surface area (Å²) in [5.41, 5.74) is 5.34. The Labute approximate surface area is 349 Å². The Hall–Kier alpha value is -2.03. The van der Waals surface area contributed by atoms with Gasteiger partial charge in [0.05, 0.1) is 13.2 Å². The average Bonchev–Trinajstić information content (AvgIpc) is 3.20. The van der Waals surface area contributed by atoms with Gasteiger partial charge in [-0.15, -0.1) is 0 Å². The lowest BCUT2D eigenvalue weighted by atomic mass is 10.0. The fraction of sp³-hybridized carbons (Fsp3) is 0.787. The summed E-state index contributed by atoms with van der Waals surface area (Å²) in [5.74, 6) is -0.828. The van der Waals surface area contributed by atoms with Crippen molar-refractivity contribution in [1.82, 2.24) is 0 Å². The van der Waals surface area contributed by atoms with Gasteiger partial charge in [-0.25, -0.2) is 4.57 Å². The molecule has 0 saturated heterocycles. The van der Waals surface area contributed by atoms with E-state index in [0.29, 0.717) is 6.42 Å². The molecular formula is C47H86NO8P. The van der Waals surface area contributed by atoms with Gasteiger partial charge in [0.15, 0.2) is 6.10 Å². The molecule has 0 bridgehead atoms. The second-order valence-electron chi connectivity index (χ2n) is 15.2. The first-order valence-electron chi connectivity index (χ1n) is 23.1. The summed E-state index contributed by atoms with van der Waals surface area (Å²) >= 11 is 0. The topological polar surface area (TPSA) is 134 Å². The maximum absolute atomic E-state index is 12.6. The van der Waals surface area contributed by atoms with Gasteiger partial charge in [0, 0.05) is 19.4 Å². The Bertz CT molecular complexity index is 1080. The second kappa shape index (κ2) is 43.5. The zero-order chi connectivity index (χ0) is 41.8. The van der Waals surface area contributed by atoms with Crippen molar-refractivity contribution in [2.45, 2.75) is 213 Å². The van der Waals surface area contributed by atoms with E-state index < -0.39 is 26.5 Å². The fourth-order valence-corrected chi connectivity index (χ4v) is 7.10. The molecule has 0 radical (unpaired) electrons. The van der Waals surface area contributed by atoms with E-state index in [4.69, 9.17) is 24.3 Å². The molecule has 2 unspecified atom stereocenters. The molecule has 332 valence electrons. The number of carbonyl (C=O) groups excluding carboxylic acids is 2. The van der Waals surface area contributed by atoms with Crippen molar-refractivity contribution in [3.63, 3.8) is 0 Å². The van der Waals surface area contributed by atoms with Gasteiger partial charge in [0.2, 0.25) is 0 Å². The van der Waals surface area contributed by atoms with Crippen LogP contribution in [0.25, 0.3) is 0 Å². The molecule has 0 heterocycles. The highest BCUT2D eigenvalue weighted by atomic mass is 31.2. The first-order valence-corrected chi connectivity index (χ1v) is 24.6. The maximum atomic E-state index is 12.6. The number of hydrogen-bond donors (Lipinski definition) is 2. The highest BCUT2D eigenvalue weighted by molar-refractivity contribution is 7.47. The smallest absolute Gasteiger partial charge is 0.462 e. The van der Waals surface area contributed by atoms with Gasteiger partial charge in [0.25, 0.3) is 0 Å². The average molecular weight is 824 g/mol. The minimum atomic E-state index is -4.37. The van der Waals surface area contributed by atoms with Crippen LogP contribution >= 0.6 is 7.82 Å². The molecule has 0 aliphatic heterocycles. The monoisotopic (exact) mass is 824 g/mol. The van der Waals surface area contributed by atoms with E-state index >= 15 is 0 Å². The molecule has 9 nitrogen and oxygen atoms in total. The molecule has 0 rings (SSSR count). The summed E-state index contributed by atoms with van der Waals surface area (Å²) in [5, 5.41) is 0. The van der Waals surface area contributed by atoms with Gasteiger partial charge in [0.1, 0.15) is 6.61 Å². The normalized spacial score (nSPS) is 13.7. The number of hydrogen-bond acceptors (Lipinski definition) is 8. The predicted molar refractivity (Wildman–Crippen MR) is 238 cm³/mol. The lowest BCUT2D eigenvalue weighted by Crippen LogP contribution is -2.29. The first kappa shape index (κ1) is 55.0. The van der Waals surface area contributed by atoms with Gasteiger partial charge >= 0.3 is 19.8 Å². The summed E-state index contributed by atoms with van der Waals surface area (Å²) in [6.45, 7) is 3.60. The lowest BCUT2D eigenvalue weighted by molar-refractivity contribution is -0.161. The molecule has 10 heteroatoms. The molecule has 0 aliphatic carbocycles. The van der Waals surface area contributed by atoms with Crippen LogP contribution in [0.1, 0.15) is 206 Å². The third-order valence-corrected chi connectivity index (χ3v) is 10.7. The Morgan fingerprint density at radius 1 is 0.544 bits per heavy atom. The molecule has 0 aliphatic rings. The Kier molecular flexibility index (Phi) is 42.0. The summed E-state index contributed by atoms with van der Waals surface area (Å²) in [4.78, 5) is 34.8. The van der Waals surface area contributed by atoms with Gasteiger partial charge in [-0.2, -0.15) is 0 Å². The number of rotatable bonds is 43. The fourth-order valence-electron chi connectivity index (χ4n) is 6.33. The van der Waals surface area contributed by atoms with Crippen molar-refractivity contribution in [2.75, 3.05) is 26.4 Å². The van der Waals surface area contributed by atoms with Crippen molar-refractivity contribution >= 4 is 19.8 Å². The molecule has 0 saturated carbocycles. The van der Waals surface area contributed by atoms with E-state index in [0.717, 1.165) is 64.2 Å². The van der Waals surface area contributed by atoms with Crippen LogP contribution in [-0.4, -0.2) is 49.3 Å². The Morgan fingerprint density at radius 2 is 0.965 bits per heavy atom. The predicted octanol–water partition coefficient (Wildman–Crippen LogP) is 13.5. The number of carbonyl (C=O) groups is 2. The lowest BCUT2D eigenvalue weighted by Gasteiger charge is -2.19. The second-order valence-corrected chi connectivity index (χ2v) is 16.7. The van der Waals surface area contributed by atoms with Crippen LogP contribution in [0.5, 0.6) is 0 Å². The molecule has 0 amide bonds. The van der Waals surface area contributed by atoms with Gasteiger partial charge in [-0.1, -0.05) is 191 Å². The number of phosphoric ester groups is 1. The Balaban J connectivity index is 3.95. The molecule has 0 aromatic rings. The van der Waals surface area contributed by atoms with Crippen LogP contribution in [0.2, 0.25) is 0 Å². The Morgan fingerprint density at radius 3 is 1.44 bits per heavy atom. The molecule has 0 aromatic heterocycles. The quantitative estimate of drug-likeness (QED) is 0.0267. The van der Waals surface area contributed by atoms with Crippen LogP contribution in [0.15, 0.2) is 48.6 Å². The molecular weight excluding hydrogens is 737 g/mol. The minimum Gasteiger partial charge on any atom is -0.462 e. The molecule has 0 spiro atoms. The van der Waals surface area contributed by atoms with Crippen LogP contribution in [0.4, 0.5) is 0 Å². The summed E-state index contributed by atoms with van der Waals surface area (Å²) in [6, 6.07) is 0. The molecule has 0 aromatic carbocycles. The zero-order valence-corrected chi connectivity index (χ0v) is 37.5. The minimum absolute atomic E-state index is 0.0537. The molecule has 3 N–H and O–H groups in total. The standard InChI is InChI=1S/C47H86NO8P/c1-3-5-7-9-11-13-14-15-16-17-18-19-20-21-22-23-24-25-26-27-28-29-30-32-34-36-38-40-47(50)56-45(44-55-57(51,52)54-42-41-48)43-53-46(49)39-37-35-33-31-12-10-8-6-4-2/h5,7,11,13,15-16,18-19,45H,3-4,6,8-10,12,14,17,20-44,48H2,1-2H3,(H,51,52)/b7-5-,13-11-,16-15-,19-18-. The van der Waals surface area contributed by atoms with Crippen LogP contribution in [0.3, 0.4) is 0 Å². The van der Waals surface area contributed by atoms with Gasteiger partial charge in [-0.05, 0) is 51.4 Å². The highest BCUT2D eigenvalue weighted by Crippen LogP contribution is 2.43. The van der Waals surface area contributed by atoms with Crippen molar-refractivity contribution < 1.29 is 37.6 Å². The van der Waals surface area contributed by atoms with E-state index in [-0.39, 0.29) is 38.6 Å². The number of nitrogens with two attached hydrogens (primary N) is 1. The number of unbranched alkanes of at least 4 members (excludes halogenated alkanes) is 22. The van der Waals surface area contributed by atoms with E-state index in [1.165, 1.54) is 109 Å². The largest absolute Gasteiger partial charge is 0.472 e. The zero-order valence-electron chi connectivity index (χ0n) is 36.6. The number of ether oxygens (including phenoxy) is 2. The van der Waals surface area contributed by atoms with Crippen LogP contribution in [0, 0.1) is 0 Å². The van der Waals surface area contributed by atoms with Crippen LogP contribution < -0.4 is 5.73 Å². The summed E-state index contributed by atoms with van der Waals surface area (Å²) in [6.07, 6.45) is 50.2. The van der Waals surface area contributed by atoms with E-state index in [2.05, 4.69) is 62.5 Å². The number of allylic oxidation sites excluding steroid dienone is 8. The third-order valence-electron chi connectivity index (χ3n) is 9.73. The summed E-state index contributed by atoms with van der Waals surface area (Å²) < 4.78 is 32.7. The number of esters is 2. The highest BCUT2D eigenvalue weighted by Gasteiger charge is 2.26. The van der Waals surface area contributed by atoms with E-state index in [1.54, 1.807) is 0 Å².